The highest BCUT2D eigenvalue weighted by atomic mass is 35.5. The van der Waals surface area contributed by atoms with Crippen LogP contribution < -0.4 is 0 Å². The SMILES string of the molecule is Fc1c(F)c(F)n(F)c1F.Fc1nc(F)c(F)c(F)c1F.Fc1nc(F)c(F)c(F)n1.Fc1nc(F)c(F)nc1F.Fc1nc(F)n(F)c1F.Fc1nc(F)nc(Cl)n1.Fc1nc(F)nc(F)n1.Fc1nn(F)c(F)c1F.Fc1nnc(F)c(F)c1F. The molecule has 0 unspecified atom stereocenters. The molecule has 0 radical (unpaired) electrons. The average Bonchev–Trinajstić information content (AvgIpc) is 3.17. The summed E-state index contributed by atoms with van der Waals surface area (Å²) < 4.78 is 412. The van der Waals surface area contributed by atoms with E-state index in [9.17, 15) is 154 Å². The summed E-state index contributed by atoms with van der Waals surface area (Å²) in [5, 5.41) is 6.32. The molecule has 9 aromatic rings. The van der Waals surface area contributed by atoms with Crippen molar-refractivity contribution in [3.05, 3.63) is 195 Å². The van der Waals surface area contributed by atoms with Crippen LogP contribution in [0.25, 0.3) is 0 Å². The van der Waals surface area contributed by atoms with Gasteiger partial charge in [-0.1, -0.05) is 18.3 Å². The first-order chi connectivity index (χ1) is 40.0. The molecule has 0 N–H and O–H groups in total. The zero-order valence-corrected chi connectivity index (χ0v) is 38.9. The summed E-state index contributed by atoms with van der Waals surface area (Å²) in [6, 6.07) is 0. The molecule has 0 atom stereocenters. The summed E-state index contributed by atoms with van der Waals surface area (Å²) in [5.74, 6) is -48.5. The lowest BCUT2D eigenvalue weighted by atomic mass is 10.4. The molecule has 87 heavy (non-hydrogen) atoms. The lowest BCUT2D eigenvalue weighted by Crippen LogP contribution is -2.03. The highest BCUT2D eigenvalue weighted by Gasteiger charge is 2.25. The smallest absolute Gasteiger partial charge is 0.200 e. The predicted molar refractivity (Wildman–Crippen MR) is 192 cm³/mol. The van der Waals surface area contributed by atoms with Gasteiger partial charge in [0, 0.05) is 0 Å². The van der Waals surface area contributed by atoms with Crippen molar-refractivity contribution in [2.24, 2.45) is 0 Å². The molecule has 0 aliphatic rings. The van der Waals surface area contributed by atoms with E-state index in [0.717, 1.165) is 0 Å². The van der Waals surface area contributed by atoms with Crippen molar-refractivity contribution in [2.75, 3.05) is 0 Å². The van der Waals surface area contributed by atoms with Crippen molar-refractivity contribution in [1.29, 1.82) is 0 Å². The van der Waals surface area contributed by atoms with Crippen LogP contribution in [-0.4, -0.2) is 89.6 Å². The molecule has 0 aliphatic carbocycles. The maximum Gasteiger partial charge on any atom is 0.323 e. The Hall–Kier alpha value is -10.1. The molecular weight excluding hydrogens is 1350 g/mol. The molecule has 0 fully saturated rings. The van der Waals surface area contributed by atoms with Crippen molar-refractivity contribution >= 4 is 11.6 Å². The second kappa shape index (κ2) is 33.4. The van der Waals surface area contributed by atoms with Crippen molar-refractivity contribution in [3.8, 4) is 0 Å². The van der Waals surface area contributed by atoms with Gasteiger partial charge in [0.15, 0.2) is 0 Å². The molecule has 0 aliphatic heterocycles. The van der Waals surface area contributed by atoms with Gasteiger partial charge in [0.2, 0.25) is 57.6 Å². The van der Waals surface area contributed by atoms with E-state index in [2.05, 4.69) is 75.1 Å². The summed E-state index contributed by atoms with van der Waals surface area (Å²) in [6.07, 6.45) is -10.3. The van der Waals surface area contributed by atoms with Crippen molar-refractivity contribution in [3.63, 3.8) is 0 Å². The number of nitrogens with zero attached hydrogens (tertiary/aromatic N) is 18. The molecular formula is C33ClF35N18. The Bertz CT molecular complexity index is 3350. The molecule has 54 heteroatoms. The normalized spacial score (nSPS) is 10.1. The summed E-state index contributed by atoms with van der Waals surface area (Å²) in [4.78, 5) is 25.5. The first-order valence-electron chi connectivity index (χ1n) is 18.5. The van der Waals surface area contributed by atoms with E-state index < -0.39 is 210 Å². The van der Waals surface area contributed by atoms with Gasteiger partial charge in [-0.3, -0.25) is 0 Å². The number of imidazole rings is 1. The predicted octanol–water partition coefficient (Wildman–Crippen LogP) is 9.81. The van der Waals surface area contributed by atoms with E-state index in [-0.39, 0.29) is 0 Å². The number of rotatable bonds is 0. The average molecular weight is 1350 g/mol. The largest absolute Gasteiger partial charge is 0.323 e. The Kier molecular flexibility index (Phi) is 28.8. The fourth-order valence-corrected chi connectivity index (χ4v) is 3.40. The Balaban J connectivity index is 0.000000490. The zero-order valence-electron chi connectivity index (χ0n) is 38.2. The van der Waals surface area contributed by atoms with Gasteiger partial charge in [-0.2, -0.15) is 196 Å². The molecule has 0 saturated carbocycles. The summed E-state index contributed by atoms with van der Waals surface area (Å²) in [7, 11) is 0. The third-order valence-corrected chi connectivity index (χ3v) is 6.77. The highest BCUT2D eigenvalue weighted by molar-refractivity contribution is 6.28. The highest BCUT2D eigenvalue weighted by Crippen LogP contribution is 2.17. The van der Waals surface area contributed by atoms with Crippen LogP contribution in [0.3, 0.4) is 0 Å². The molecule has 9 heterocycles. The van der Waals surface area contributed by atoms with Crippen LogP contribution in [0.4, 0.5) is 154 Å². The number of aromatic nitrogens is 18. The van der Waals surface area contributed by atoms with Crippen LogP contribution in [0.15, 0.2) is 0 Å². The summed E-state index contributed by atoms with van der Waals surface area (Å²) >= 11 is 5.01. The maximum atomic E-state index is 12.0. The van der Waals surface area contributed by atoms with Gasteiger partial charge in [-0.25, -0.2) is 4.39 Å². The van der Waals surface area contributed by atoms with Crippen molar-refractivity contribution < 1.29 is 154 Å². The van der Waals surface area contributed by atoms with Gasteiger partial charge < -0.3 is 0 Å². The van der Waals surface area contributed by atoms with Crippen LogP contribution in [-0.2, 0) is 0 Å². The monoisotopic (exact) mass is 1350 g/mol. The van der Waals surface area contributed by atoms with E-state index in [4.69, 9.17) is 11.6 Å². The van der Waals surface area contributed by atoms with Crippen LogP contribution in [0.1, 0.15) is 0 Å². The molecule has 0 aromatic carbocycles. The van der Waals surface area contributed by atoms with E-state index >= 15 is 0 Å². The fraction of sp³-hybridized carbons (Fsp3) is 0. The van der Waals surface area contributed by atoms with E-state index in [0.29, 0.717) is 0 Å². The standard InChI is InChI=1S/C5F5N.C4F5N.3C4F4N2.C3ClF2N3.2C3F4N2.C3F3N3/c6-1-2(7)4(9)11-5(10)3(1)8;5-1-2(6)4(8)10(9)3(1)7;5-1-2(6)10-4(8)3(7)9-1;5-1-2(6)9-4(8)10-3(1)7;5-1-2(6)4(8)10-9-3(1)7;4-1-7-2(5)9-3(6)8-1;4-1-2(5)9(7)3(6)8-1;4-1-2(5)8-9(7)3(1)6;4-1-7-2(5)9-3(6)8-1. The quantitative estimate of drug-likeness (QED) is 0.0599. The van der Waals surface area contributed by atoms with Gasteiger partial charge in [-0.15, -0.1) is 24.9 Å². The Morgan fingerprint density at radius 3 is 0.747 bits per heavy atom. The van der Waals surface area contributed by atoms with Crippen molar-refractivity contribution in [2.45, 2.75) is 0 Å². The topological polar surface area (TPSA) is 208 Å². The van der Waals surface area contributed by atoms with Gasteiger partial charge >= 0.3 is 42.5 Å². The first kappa shape index (κ1) is 75.0. The fourth-order valence-electron chi connectivity index (χ4n) is 3.26. The van der Waals surface area contributed by atoms with Crippen LogP contribution >= 0.6 is 11.6 Å². The van der Waals surface area contributed by atoms with E-state index in [1.165, 1.54) is 0 Å². The number of hydrogen-bond acceptors (Lipinski definition) is 15. The Morgan fingerprint density at radius 2 is 0.517 bits per heavy atom. The Labute approximate surface area is 450 Å². The van der Waals surface area contributed by atoms with Crippen LogP contribution in [0, 0.1) is 190 Å². The lowest BCUT2D eigenvalue weighted by molar-refractivity contribution is 0.236. The molecule has 18 nitrogen and oxygen atoms in total. The molecule has 0 spiro atoms. The summed E-state index contributed by atoms with van der Waals surface area (Å²) in [5.41, 5.74) is 0. The minimum atomic E-state index is -2.20. The molecule has 9 rings (SSSR count). The first-order valence-corrected chi connectivity index (χ1v) is 18.9. The van der Waals surface area contributed by atoms with Crippen LogP contribution in [0.2, 0.25) is 5.28 Å². The second-order valence-corrected chi connectivity index (χ2v) is 12.4. The van der Waals surface area contributed by atoms with E-state index in [1.54, 1.807) is 0 Å². The van der Waals surface area contributed by atoms with Gasteiger partial charge in [-0.05, 0) is 11.6 Å². The van der Waals surface area contributed by atoms with Gasteiger partial charge in [0.05, 0.1) is 0 Å². The van der Waals surface area contributed by atoms with Crippen molar-refractivity contribution in [1.82, 2.24) is 89.6 Å². The minimum absolute atomic E-state index is 0.486. The second-order valence-electron chi connectivity index (χ2n) is 12.1. The van der Waals surface area contributed by atoms with Gasteiger partial charge in [0.25, 0.3) is 95.2 Å². The number of pyridine rings is 1. The molecule has 9 aromatic heterocycles. The molecule has 0 bridgehead atoms. The van der Waals surface area contributed by atoms with Gasteiger partial charge in [0.1, 0.15) is 0 Å². The van der Waals surface area contributed by atoms with Crippen LogP contribution in [0.5, 0.6) is 0 Å². The number of hydrogen-bond donors (Lipinski definition) is 0. The third-order valence-electron chi connectivity index (χ3n) is 6.60. The molecule has 0 amide bonds. The van der Waals surface area contributed by atoms with E-state index in [1.807, 2.05) is 0 Å². The lowest BCUT2D eigenvalue weighted by Gasteiger charge is -1.95. The summed E-state index contributed by atoms with van der Waals surface area (Å²) in [6.45, 7) is 0. The minimum Gasteiger partial charge on any atom is -0.200 e. The Morgan fingerprint density at radius 1 is 0.218 bits per heavy atom. The zero-order chi connectivity index (χ0) is 67.4. The number of halogens is 36. The maximum absolute atomic E-state index is 12.0. The molecule has 474 valence electrons. The molecule has 0 saturated heterocycles. The third kappa shape index (κ3) is 22.8.